The molecule has 84 valence electrons. The molecule has 0 N–H and O–H groups in total. The summed E-state index contributed by atoms with van der Waals surface area (Å²) in [6.07, 6.45) is 2.42. The summed E-state index contributed by atoms with van der Waals surface area (Å²) in [6, 6.07) is 0. The monoisotopic (exact) mass is 255 g/mol. The van der Waals surface area contributed by atoms with Crippen molar-refractivity contribution in [3.05, 3.63) is 28.0 Å². The Labute approximate surface area is 102 Å². The predicted molar refractivity (Wildman–Crippen MR) is 63.7 cm³/mol. The van der Waals surface area contributed by atoms with Crippen molar-refractivity contribution in [3.8, 4) is 5.13 Å². The normalized spacial score (nSPS) is 11.0. The summed E-state index contributed by atoms with van der Waals surface area (Å²) in [5.74, 6) is 0.152. The van der Waals surface area contributed by atoms with Gasteiger partial charge in [-0.25, -0.2) is 4.98 Å². The summed E-state index contributed by atoms with van der Waals surface area (Å²) < 4.78 is 1.51. The van der Waals surface area contributed by atoms with Gasteiger partial charge < -0.3 is 0 Å². The Hall–Kier alpha value is -1.20. The third kappa shape index (κ3) is 1.76. The van der Waals surface area contributed by atoms with E-state index in [0.717, 1.165) is 6.29 Å². The first kappa shape index (κ1) is 11.3. The van der Waals surface area contributed by atoms with Crippen LogP contribution >= 0.6 is 22.9 Å². The fraction of sp³-hybridized carbons (Fsp3) is 0.300. The number of aldehydes is 1. The van der Waals surface area contributed by atoms with Gasteiger partial charge in [0.15, 0.2) is 6.29 Å². The average molecular weight is 256 g/mol. The summed E-state index contributed by atoms with van der Waals surface area (Å²) in [5, 5.41) is 7.15. The molecule has 0 unspecified atom stereocenters. The van der Waals surface area contributed by atoms with Gasteiger partial charge in [0.25, 0.3) is 0 Å². The van der Waals surface area contributed by atoms with Crippen LogP contribution in [0.5, 0.6) is 0 Å². The lowest BCUT2D eigenvalue weighted by Gasteiger charge is -1.98. The van der Waals surface area contributed by atoms with E-state index < -0.39 is 0 Å². The molecule has 0 atom stereocenters. The molecule has 0 saturated carbocycles. The van der Waals surface area contributed by atoms with E-state index in [1.54, 1.807) is 6.20 Å². The number of thiazole rings is 1. The minimum atomic E-state index is 0.152. The molecule has 0 aliphatic heterocycles. The number of carbonyl (C=O) groups is 1. The first-order chi connectivity index (χ1) is 7.65. The van der Waals surface area contributed by atoms with Gasteiger partial charge in [-0.15, -0.1) is 11.3 Å². The third-order valence-electron chi connectivity index (χ3n) is 2.16. The minimum Gasteiger partial charge on any atom is -0.298 e. The van der Waals surface area contributed by atoms with Gasteiger partial charge in [0.1, 0.15) is 5.15 Å². The molecule has 0 amide bonds. The zero-order chi connectivity index (χ0) is 11.7. The minimum absolute atomic E-state index is 0.152. The second-order valence-electron chi connectivity index (χ2n) is 3.59. The van der Waals surface area contributed by atoms with Gasteiger partial charge in [0, 0.05) is 11.6 Å². The second kappa shape index (κ2) is 4.35. The first-order valence-electron chi connectivity index (χ1n) is 4.78. The van der Waals surface area contributed by atoms with Gasteiger partial charge in [-0.2, -0.15) is 9.78 Å². The van der Waals surface area contributed by atoms with Crippen molar-refractivity contribution in [1.29, 1.82) is 0 Å². The van der Waals surface area contributed by atoms with Crippen molar-refractivity contribution in [2.45, 2.75) is 19.8 Å². The lowest BCUT2D eigenvalue weighted by Crippen LogP contribution is -1.97. The number of aromatic nitrogens is 3. The zero-order valence-electron chi connectivity index (χ0n) is 8.85. The van der Waals surface area contributed by atoms with Gasteiger partial charge in [0.05, 0.1) is 11.3 Å². The van der Waals surface area contributed by atoms with Crippen molar-refractivity contribution in [1.82, 2.24) is 14.8 Å². The van der Waals surface area contributed by atoms with Crippen LogP contribution in [-0.2, 0) is 0 Å². The summed E-state index contributed by atoms with van der Waals surface area (Å²) >= 11 is 7.52. The topological polar surface area (TPSA) is 47.8 Å². The summed E-state index contributed by atoms with van der Waals surface area (Å²) in [7, 11) is 0. The molecule has 2 heterocycles. The Balaban J connectivity index is 2.61. The van der Waals surface area contributed by atoms with E-state index in [2.05, 4.69) is 10.1 Å². The van der Waals surface area contributed by atoms with E-state index >= 15 is 0 Å². The van der Waals surface area contributed by atoms with Crippen molar-refractivity contribution in [2.24, 2.45) is 0 Å². The number of carbonyl (C=O) groups excluding carboxylic acids is 1. The molecule has 2 aromatic heterocycles. The van der Waals surface area contributed by atoms with Crippen LogP contribution in [-0.4, -0.2) is 21.1 Å². The molecule has 16 heavy (non-hydrogen) atoms. The van der Waals surface area contributed by atoms with Crippen LogP contribution in [0, 0.1) is 0 Å². The second-order valence-corrected chi connectivity index (χ2v) is 4.82. The lowest BCUT2D eigenvalue weighted by molar-refractivity contribution is 0.112. The van der Waals surface area contributed by atoms with Gasteiger partial charge >= 0.3 is 0 Å². The molecular weight excluding hydrogens is 246 g/mol. The molecule has 0 radical (unpaired) electrons. The van der Waals surface area contributed by atoms with Gasteiger partial charge in [-0.05, 0) is 5.92 Å². The Bertz CT molecular complexity index is 504. The van der Waals surface area contributed by atoms with Gasteiger partial charge in [-0.1, -0.05) is 25.4 Å². The highest BCUT2D eigenvalue weighted by Gasteiger charge is 2.19. The van der Waals surface area contributed by atoms with E-state index in [1.165, 1.54) is 16.0 Å². The van der Waals surface area contributed by atoms with E-state index in [0.29, 0.717) is 21.5 Å². The van der Waals surface area contributed by atoms with Gasteiger partial charge in [-0.3, -0.25) is 4.79 Å². The zero-order valence-corrected chi connectivity index (χ0v) is 10.4. The van der Waals surface area contributed by atoms with E-state index in [4.69, 9.17) is 11.6 Å². The maximum atomic E-state index is 11.0. The Kier molecular flexibility index (Phi) is 3.07. The number of hydrogen-bond acceptors (Lipinski definition) is 4. The molecule has 0 aromatic carbocycles. The highest BCUT2D eigenvalue weighted by Crippen LogP contribution is 2.27. The van der Waals surface area contributed by atoms with Crippen LogP contribution in [0.25, 0.3) is 5.13 Å². The molecule has 0 saturated heterocycles. The molecule has 0 spiro atoms. The smallest absolute Gasteiger partial charge is 0.211 e. The standard InChI is InChI=1S/C10H10ClN3OS/c1-6(2)8-7(5-15)9(11)14(13-8)10-12-3-4-16-10/h3-6H,1-2H3. The van der Waals surface area contributed by atoms with E-state index in [-0.39, 0.29) is 5.92 Å². The molecule has 2 aromatic rings. The van der Waals surface area contributed by atoms with Crippen LogP contribution in [0.3, 0.4) is 0 Å². The molecular formula is C10H10ClN3OS. The largest absolute Gasteiger partial charge is 0.298 e. The maximum absolute atomic E-state index is 11.0. The molecule has 4 nitrogen and oxygen atoms in total. The van der Waals surface area contributed by atoms with E-state index in [9.17, 15) is 4.79 Å². The molecule has 0 aliphatic rings. The number of nitrogens with zero attached hydrogens (tertiary/aromatic N) is 3. The van der Waals surface area contributed by atoms with Crippen LogP contribution in [0.2, 0.25) is 5.15 Å². The average Bonchev–Trinajstić information content (AvgIpc) is 2.84. The van der Waals surface area contributed by atoms with Crippen molar-refractivity contribution in [2.75, 3.05) is 0 Å². The van der Waals surface area contributed by atoms with Crippen molar-refractivity contribution in [3.63, 3.8) is 0 Å². The van der Waals surface area contributed by atoms with Crippen LogP contribution in [0.1, 0.15) is 35.8 Å². The SMILES string of the molecule is CC(C)c1nn(-c2nccs2)c(Cl)c1C=O. The predicted octanol–water partition coefficient (Wildman–Crippen LogP) is 2.92. The summed E-state index contributed by atoms with van der Waals surface area (Å²) in [4.78, 5) is 15.1. The molecule has 0 fully saturated rings. The van der Waals surface area contributed by atoms with Crippen molar-refractivity contribution < 1.29 is 4.79 Å². The van der Waals surface area contributed by atoms with Crippen molar-refractivity contribution >= 4 is 29.2 Å². The first-order valence-corrected chi connectivity index (χ1v) is 6.04. The highest BCUT2D eigenvalue weighted by atomic mass is 35.5. The van der Waals surface area contributed by atoms with Crippen LogP contribution < -0.4 is 0 Å². The van der Waals surface area contributed by atoms with E-state index in [1.807, 2.05) is 19.2 Å². The number of rotatable bonds is 3. The molecule has 0 aliphatic carbocycles. The molecule has 2 rings (SSSR count). The van der Waals surface area contributed by atoms with Crippen LogP contribution in [0.15, 0.2) is 11.6 Å². The third-order valence-corrected chi connectivity index (χ3v) is 3.27. The Morgan fingerprint density at radius 1 is 1.56 bits per heavy atom. The quantitative estimate of drug-likeness (QED) is 0.793. The fourth-order valence-corrected chi connectivity index (χ4v) is 2.31. The Morgan fingerprint density at radius 3 is 2.75 bits per heavy atom. The summed E-state index contributed by atoms with van der Waals surface area (Å²) in [6.45, 7) is 3.94. The molecule has 0 bridgehead atoms. The number of halogens is 1. The summed E-state index contributed by atoms with van der Waals surface area (Å²) in [5.41, 5.74) is 1.15. The number of hydrogen-bond donors (Lipinski definition) is 0. The van der Waals surface area contributed by atoms with Crippen LogP contribution in [0.4, 0.5) is 0 Å². The maximum Gasteiger partial charge on any atom is 0.211 e. The fourth-order valence-electron chi connectivity index (χ4n) is 1.41. The van der Waals surface area contributed by atoms with Gasteiger partial charge in [0.2, 0.25) is 5.13 Å². The highest BCUT2D eigenvalue weighted by molar-refractivity contribution is 7.12. The lowest BCUT2D eigenvalue weighted by atomic mass is 10.1. The molecule has 6 heteroatoms. The Morgan fingerprint density at radius 2 is 2.31 bits per heavy atom.